The van der Waals surface area contributed by atoms with Crippen molar-refractivity contribution in [2.24, 2.45) is 0 Å². The first-order chi connectivity index (χ1) is 12.3. The van der Waals surface area contributed by atoms with Crippen LogP contribution in [0.2, 0.25) is 0 Å². The van der Waals surface area contributed by atoms with Crippen molar-refractivity contribution in [1.82, 2.24) is 4.98 Å². The Kier molecular flexibility index (Phi) is 3.95. The molecule has 0 fully saturated rings. The molecule has 1 heterocycles. The largest absolute Gasteiger partial charge is 0.508 e. The highest BCUT2D eigenvalue weighted by Gasteiger charge is 2.11. The first-order valence-electron chi connectivity index (χ1n) is 8.53. The van der Waals surface area contributed by atoms with Crippen LogP contribution in [-0.2, 0) is 6.42 Å². The van der Waals surface area contributed by atoms with Gasteiger partial charge in [0.25, 0.3) is 0 Å². The number of aromatic hydroxyl groups is 1. The summed E-state index contributed by atoms with van der Waals surface area (Å²) < 4.78 is 0. The molecule has 0 amide bonds. The summed E-state index contributed by atoms with van der Waals surface area (Å²) in [4.78, 5) is 4.95. The standard InChI is InChI=1S/C23H19NO/c1-2-16-9-6-10-20-21(17-7-4-3-5-8-17)15-22(24-23(16)20)18-11-13-19(25)14-12-18/h3-15,25H,2H2,1H3. The normalized spacial score (nSPS) is 10.9. The number of pyridine rings is 1. The second-order valence-electron chi connectivity index (χ2n) is 6.13. The van der Waals surface area contributed by atoms with Crippen molar-refractivity contribution in [2.75, 3.05) is 0 Å². The summed E-state index contributed by atoms with van der Waals surface area (Å²) in [6, 6.07) is 26.2. The van der Waals surface area contributed by atoms with Gasteiger partial charge in [-0.3, -0.25) is 0 Å². The molecule has 1 N–H and O–H groups in total. The first kappa shape index (κ1) is 15.4. The van der Waals surface area contributed by atoms with E-state index in [-0.39, 0.29) is 5.75 Å². The van der Waals surface area contributed by atoms with Crippen LogP contribution >= 0.6 is 0 Å². The van der Waals surface area contributed by atoms with Crippen molar-refractivity contribution in [3.8, 4) is 28.1 Å². The SMILES string of the molecule is CCc1cccc2c(-c3ccccc3)cc(-c3ccc(O)cc3)nc12. The molecule has 0 bridgehead atoms. The van der Waals surface area contributed by atoms with Gasteiger partial charge >= 0.3 is 0 Å². The monoisotopic (exact) mass is 325 g/mol. The Morgan fingerprint density at radius 2 is 1.56 bits per heavy atom. The molecule has 0 unspecified atom stereocenters. The Labute approximate surface area is 147 Å². The van der Waals surface area contributed by atoms with Gasteiger partial charge in [-0.2, -0.15) is 0 Å². The van der Waals surface area contributed by atoms with Gasteiger partial charge in [0.2, 0.25) is 0 Å². The van der Waals surface area contributed by atoms with Gasteiger partial charge in [-0.15, -0.1) is 0 Å². The number of para-hydroxylation sites is 1. The van der Waals surface area contributed by atoms with Crippen LogP contribution in [0.5, 0.6) is 5.75 Å². The third kappa shape index (κ3) is 2.87. The van der Waals surface area contributed by atoms with E-state index in [2.05, 4.69) is 55.5 Å². The number of nitrogens with zero attached hydrogens (tertiary/aromatic N) is 1. The highest BCUT2D eigenvalue weighted by Crippen LogP contribution is 2.33. The molecule has 2 heteroatoms. The fourth-order valence-electron chi connectivity index (χ4n) is 3.23. The number of phenolic OH excluding ortho intramolecular Hbond substituents is 1. The maximum Gasteiger partial charge on any atom is 0.115 e. The maximum atomic E-state index is 9.57. The van der Waals surface area contributed by atoms with Crippen molar-refractivity contribution in [2.45, 2.75) is 13.3 Å². The van der Waals surface area contributed by atoms with E-state index in [0.717, 1.165) is 23.2 Å². The summed E-state index contributed by atoms with van der Waals surface area (Å²) in [5, 5.41) is 10.7. The average Bonchev–Trinajstić information content (AvgIpc) is 2.68. The van der Waals surface area contributed by atoms with E-state index in [1.807, 2.05) is 18.2 Å². The van der Waals surface area contributed by atoms with E-state index in [9.17, 15) is 5.11 Å². The van der Waals surface area contributed by atoms with Crippen molar-refractivity contribution in [1.29, 1.82) is 0 Å². The predicted molar refractivity (Wildman–Crippen MR) is 104 cm³/mol. The summed E-state index contributed by atoms with van der Waals surface area (Å²) in [7, 11) is 0. The summed E-state index contributed by atoms with van der Waals surface area (Å²) in [6.07, 6.45) is 0.942. The van der Waals surface area contributed by atoms with Gasteiger partial charge in [-0.05, 0) is 53.4 Å². The molecule has 1 aromatic heterocycles. The van der Waals surface area contributed by atoms with E-state index in [0.29, 0.717) is 0 Å². The molecule has 4 rings (SSSR count). The minimum absolute atomic E-state index is 0.266. The van der Waals surface area contributed by atoms with Crippen molar-refractivity contribution < 1.29 is 5.11 Å². The lowest BCUT2D eigenvalue weighted by Gasteiger charge is -2.13. The number of phenols is 1. The predicted octanol–water partition coefficient (Wildman–Crippen LogP) is 5.84. The summed E-state index contributed by atoms with van der Waals surface area (Å²) >= 11 is 0. The minimum Gasteiger partial charge on any atom is -0.508 e. The fraction of sp³-hybridized carbons (Fsp3) is 0.0870. The van der Waals surface area contributed by atoms with E-state index >= 15 is 0 Å². The van der Waals surface area contributed by atoms with Crippen LogP contribution in [-0.4, -0.2) is 10.1 Å². The van der Waals surface area contributed by atoms with E-state index < -0.39 is 0 Å². The Bertz CT molecular complexity index is 1020. The molecule has 4 aromatic rings. The number of fused-ring (bicyclic) bond motifs is 1. The second-order valence-corrected chi connectivity index (χ2v) is 6.13. The van der Waals surface area contributed by atoms with Crippen LogP contribution in [0.4, 0.5) is 0 Å². The molecule has 0 aliphatic carbocycles. The number of benzene rings is 3. The van der Waals surface area contributed by atoms with Crippen LogP contribution in [0.1, 0.15) is 12.5 Å². The molecule has 0 saturated carbocycles. The van der Waals surface area contributed by atoms with Gasteiger partial charge < -0.3 is 5.11 Å². The van der Waals surface area contributed by atoms with Crippen LogP contribution in [0.25, 0.3) is 33.3 Å². The van der Waals surface area contributed by atoms with Crippen LogP contribution < -0.4 is 0 Å². The molecule has 3 aromatic carbocycles. The fourth-order valence-corrected chi connectivity index (χ4v) is 3.23. The molecule has 2 nitrogen and oxygen atoms in total. The Morgan fingerprint density at radius 3 is 2.28 bits per heavy atom. The van der Waals surface area contributed by atoms with Gasteiger partial charge in [-0.25, -0.2) is 4.98 Å². The number of aryl methyl sites for hydroxylation is 1. The van der Waals surface area contributed by atoms with Gasteiger partial charge in [0.15, 0.2) is 0 Å². The topological polar surface area (TPSA) is 33.1 Å². The number of rotatable bonds is 3. The molecule has 0 aliphatic rings. The lowest BCUT2D eigenvalue weighted by atomic mass is 9.96. The quantitative estimate of drug-likeness (QED) is 0.513. The number of aromatic nitrogens is 1. The van der Waals surface area contributed by atoms with Gasteiger partial charge in [0, 0.05) is 10.9 Å². The zero-order chi connectivity index (χ0) is 17.2. The number of hydrogen-bond donors (Lipinski definition) is 1. The third-order valence-electron chi connectivity index (χ3n) is 4.55. The number of hydrogen-bond acceptors (Lipinski definition) is 2. The Balaban J connectivity index is 2.03. The van der Waals surface area contributed by atoms with Crippen LogP contribution in [0.15, 0.2) is 78.9 Å². The second kappa shape index (κ2) is 6.40. The third-order valence-corrected chi connectivity index (χ3v) is 4.55. The van der Waals surface area contributed by atoms with E-state index in [1.54, 1.807) is 12.1 Å². The molecule has 0 aliphatic heterocycles. The van der Waals surface area contributed by atoms with Gasteiger partial charge in [-0.1, -0.05) is 55.5 Å². The molecule has 25 heavy (non-hydrogen) atoms. The zero-order valence-corrected chi connectivity index (χ0v) is 14.1. The van der Waals surface area contributed by atoms with E-state index in [4.69, 9.17) is 4.98 Å². The van der Waals surface area contributed by atoms with E-state index in [1.165, 1.54) is 22.1 Å². The highest BCUT2D eigenvalue weighted by atomic mass is 16.3. The molecule has 0 spiro atoms. The Morgan fingerprint density at radius 1 is 0.800 bits per heavy atom. The molecular formula is C23H19NO. The minimum atomic E-state index is 0.266. The first-order valence-corrected chi connectivity index (χ1v) is 8.53. The molecule has 122 valence electrons. The van der Waals surface area contributed by atoms with Crippen LogP contribution in [0, 0.1) is 0 Å². The molecule has 0 saturated heterocycles. The van der Waals surface area contributed by atoms with Gasteiger partial charge in [0.05, 0.1) is 11.2 Å². The Hall–Kier alpha value is -3.13. The smallest absolute Gasteiger partial charge is 0.115 e. The lowest BCUT2D eigenvalue weighted by molar-refractivity contribution is 0.475. The summed E-state index contributed by atoms with van der Waals surface area (Å²) in [5.41, 5.74) is 6.59. The van der Waals surface area contributed by atoms with Crippen molar-refractivity contribution in [3.63, 3.8) is 0 Å². The van der Waals surface area contributed by atoms with Crippen molar-refractivity contribution in [3.05, 3.63) is 84.4 Å². The molecular weight excluding hydrogens is 306 g/mol. The average molecular weight is 325 g/mol. The lowest BCUT2D eigenvalue weighted by Crippen LogP contribution is -1.93. The highest BCUT2D eigenvalue weighted by molar-refractivity contribution is 5.98. The molecule has 0 atom stereocenters. The van der Waals surface area contributed by atoms with Crippen LogP contribution in [0.3, 0.4) is 0 Å². The van der Waals surface area contributed by atoms with Gasteiger partial charge in [0.1, 0.15) is 5.75 Å². The zero-order valence-electron chi connectivity index (χ0n) is 14.1. The summed E-state index contributed by atoms with van der Waals surface area (Å²) in [5.74, 6) is 0.266. The summed E-state index contributed by atoms with van der Waals surface area (Å²) in [6.45, 7) is 2.16. The molecule has 0 radical (unpaired) electrons. The maximum absolute atomic E-state index is 9.57. The van der Waals surface area contributed by atoms with Crippen molar-refractivity contribution >= 4 is 10.9 Å².